The van der Waals surface area contributed by atoms with Gasteiger partial charge in [-0.3, -0.25) is 4.90 Å². The quantitative estimate of drug-likeness (QED) is 0.460. The van der Waals surface area contributed by atoms with Gasteiger partial charge in [0, 0.05) is 25.9 Å². The highest BCUT2D eigenvalue weighted by molar-refractivity contribution is 6.18. The number of morpholine rings is 1. The van der Waals surface area contributed by atoms with Crippen LogP contribution in [0.25, 0.3) is 0 Å². The Morgan fingerprint density at radius 1 is 1.58 bits per heavy atom. The molecule has 0 bridgehead atoms. The smallest absolute Gasteiger partial charge is 0.342 e. The van der Waals surface area contributed by atoms with Crippen molar-refractivity contribution in [1.82, 2.24) is 14.5 Å². The van der Waals surface area contributed by atoms with Crippen molar-refractivity contribution in [3.63, 3.8) is 0 Å². The van der Waals surface area contributed by atoms with Crippen LogP contribution in [-0.4, -0.2) is 57.6 Å². The molecule has 1 unspecified atom stereocenters. The Hall–Kier alpha value is -1.18. The highest BCUT2D eigenvalue weighted by atomic mass is 35.5. The summed E-state index contributed by atoms with van der Waals surface area (Å²) in [5, 5.41) is 11.0. The molecule has 1 fully saturated rings. The van der Waals surface area contributed by atoms with Crippen molar-refractivity contribution in [3.05, 3.63) is 22.1 Å². The summed E-state index contributed by atoms with van der Waals surface area (Å²) < 4.78 is 6.92. The summed E-state index contributed by atoms with van der Waals surface area (Å²) in [5.74, 6) is 1.07. The zero-order chi connectivity index (χ0) is 13.8. The Morgan fingerprint density at radius 3 is 2.84 bits per heavy atom. The standard InChI is InChI=1S/C11H17ClN4O3/c1-9-13-7-11(16(17)18)15(9)8-10(6-12)14-2-4-19-5-3-14/h7,10H,2-6,8H2,1H3. The minimum absolute atomic E-state index is 0.0147. The summed E-state index contributed by atoms with van der Waals surface area (Å²) in [5.41, 5.74) is 0. The molecular formula is C11H17ClN4O3. The molecule has 2 heterocycles. The molecule has 2 rings (SSSR count). The van der Waals surface area contributed by atoms with E-state index in [2.05, 4.69) is 9.88 Å². The average Bonchev–Trinajstić information content (AvgIpc) is 2.78. The van der Waals surface area contributed by atoms with Crippen LogP contribution in [0.2, 0.25) is 0 Å². The third-order valence-corrected chi connectivity index (χ3v) is 3.71. The summed E-state index contributed by atoms with van der Waals surface area (Å²) in [6.45, 7) is 5.21. The number of aromatic nitrogens is 2. The molecule has 0 spiro atoms. The van der Waals surface area contributed by atoms with Gasteiger partial charge in [-0.15, -0.1) is 11.6 Å². The zero-order valence-corrected chi connectivity index (χ0v) is 11.5. The van der Waals surface area contributed by atoms with Gasteiger partial charge >= 0.3 is 5.82 Å². The highest BCUT2D eigenvalue weighted by Gasteiger charge is 2.26. The number of nitrogens with zero attached hydrogens (tertiary/aromatic N) is 4. The van der Waals surface area contributed by atoms with E-state index in [4.69, 9.17) is 16.3 Å². The first-order valence-corrected chi connectivity index (χ1v) is 6.71. The highest BCUT2D eigenvalue weighted by Crippen LogP contribution is 2.17. The fourth-order valence-corrected chi connectivity index (χ4v) is 2.54. The second-order valence-electron chi connectivity index (χ2n) is 4.49. The maximum atomic E-state index is 11.0. The maximum Gasteiger partial charge on any atom is 0.342 e. The molecule has 1 atom stereocenters. The Labute approximate surface area is 116 Å². The van der Waals surface area contributed by atoms with E-state index in [-0.39, 0.29) is 11.9 Å². The van der Waals surface area contributed by atoms with Gasteiger partial charge in [-0.2, -0.15) is 0 Å². The molecule has 7 nitrogen and oxygen atoms in total. The van der Waals surface area contributed by atoms with Crippen LogP contribution < -0.4 is 0 Å². The second kappa shape index (κ2) is 6.31. The summed E-state index contributed by atoms with van der Waals surface area (Å²) >= 11 is 6.02. The topological polar surface area (TPSA) is 73.4 Å². The van der Waals surface area contributed by atoms with Crippen LogP contribution in [0.15, 0.2) is 6.20 Å². The molecular weight excluding hydrogens is 272 g/mol. The lowest BCUT2D eigenvalue weighted by atomic mass is 10.2. The molecule has 1 saturated heterocycles. The van der Waals surface area contributed by atoms with Gasteiger partial charge in [-0.1, -0.05) is 0 Å². The van der Waals surface area contributed by atoms with Gasteiger partial charge in [-0.05, 0) is 4.92 Å². The van der Waals surface area contributed by atoms with Crippen LogP contribution >= 0.6 is 11.6 Å². The molecule has 1 aromatic heterocycles. The van der Waals surface area contributed by atoms with E-state index in [1.54, 1.807) is 11.5 Å². The molecule has 0 radical (unpaired) electrons. The predicted molar refractivity (Wildman–Crippen MR) is 70.5 cm³/mol. The number of hydrogen-bond donors (Lipinski definition) is 0. The van der Waals surface area contributed by atoms with Gasteiger partial charge < -0.3 is 14.9 Å². The van der Waals surface area contributed by atoms with Crippen LogP contribution in [-0.2, 0) is 11.3 Å². The Balaban J connectivity index is 2.13. The van der Waals surface area contributed by atoms with Crippen LogP contribution in [0.5, 0.6) is 0 Å². The SMILES string of the molecule is Cc1ncc([N+](=O)[O-])n1CC(CCl)N1CCOCC1. The number of imidazole rings is 1. The van der Waals surface area contributed by atoms with E-state index < -0.39 is 4.92 Å². The number of rotatable bonds is 5. The van der Waals surface area contributed by atoms with Crippen LogP contribution in [0.4, 0.5) is 5.82 Å². The minimum atomic E-state index is -0.412. The summed E-state index contributed by atoms with van der Waals surface area (Å²) in [6, 6.07) is 0.0529. The first kappa shape index (κ1) is 14.2. The third kappa shape index (κ3) is 3.23. The molecule has 1 aliphatic rings. The molecule has 19 heavy (non-hydrogen) atoms. The van der Waals surface area contributed by atoms with E-state index in [1.807, 2.05) is 0 Å². The van der Waals surface area contributed by atoms with E-state index in [1.165, 1.54) is 6.20 Å². The van der Waals surface area contributed by atoms with Gasteiger partial charge in [0.25, 0.3) is 0 Å². The zero-order valence-electron chi connectivity index (χ0n) is 10.8. The Morgan fingerprint density at radius 2 is 2.26 bits per heavy atom. The van der Waals surface area contributed by atoms with Crippen LogP contribution in [0.1, 0.15) is 5.82 Å². The van der Waals surface area contributed by atoms with E-state index in [0.717, 1.165) is 13.1 Å². The van der Waals surface area contributed by atoms with Crippen molar-refractivity contribution in [2.75, 3.05) is 32.2 Å². The van der Waals surface area contributed by atoms with Gasteiger partial charge in [0.05, 0.1) is 19.3 Å². The lowest BCUT2D eigenvalue weighted by molar-refractivity contribution is -0.392. The number of hydrogen-bond acceptors (Lipinski definition) is 5. The number of alkyl halides is 1. The Kier molecular flexibility index (Phi) is 4.73. The van der Waals surface area contributed by atoms with Crippen molar-refractivity contribution in [1.29, 1.82) is 0 Å². The van der Waals surface area contributed by atoms with Gasteiger partial charge in [0.1, 0.15) is 12.7 Å². The number of nitro groups is 1. The first-order valence-electron chi connectivity index (χ1n) is 6.17. The van der Waals surface area contributed by atoms with E-state index in [0.29, 0.717) is 31.5 Å². The van der Waals surface area contributed by atoms with Crippen molar-refractivity contribution in [2.45, 2.75) is 19.5 Å². The maximum absolute atomic E-state index is 11.0. The monoisotopic (exact) mass is 288 g/mol. The molecule has 0 aromatic carbocycles. The third-order valence-electron chi connectivity index (χ3n) is 3.35. The number of halogens is 1. The van der Waals surface area contributed by atoms with Gasteiger partial charge in [0.15, 0.2) is 5.82 Å². The number of aryl methyl sites for hydroxylation is 1. The van der Waals surface area contributed by atoms with Crippen molar-refractivity contribution in [2.24, 2.45) is 0 Å². The summed E-state index contributed by atoms with van der Waals surface area (Å²) in [7, 11) is 0. The summed E-state index contributed by atoms with van der Waals surface area (Å²) in [4.78, 5) is 16.8. The average molecular weight is 289 g/mol. The van der Waals surface area contributed by atoms with E-state index >= 15 is 0 Å². The molecule has 106 valence electrons. The summed E-state index contributed by atoms with van der Waals surface area (Å²) in [6.07, 6.45) is 1.29. The van der Waals surface area contributed by atoms with Gasteiger partial charge in [0.2, 0.25) is 0 Å². The molecule has 8 heteroatoms. The Bertz CT molecular complexity index is 445. The van der Waals surface area contributed by atoms with Gasteiger partial charge in [-0.25, -0.2) is 9.55 Å². The minimum Gasteiger partial charge on any atom is -0.379 e. The second-order valence-corrected chi connectivity index (χ2v) is 4.80. The molecule has 0 saturated carbocycles. The van der Waals surface area contributed by atoms with Crippen molar-refractivity contribution >= 4 is 17.4 Å². The molecule has 0 amide bonds. The lowest BCUT2D eigenvalue weighted by Crippen LogP contribution is -2.46. The van der Waals surface area contributed by atoms with Crippen molar-refractivity contribution in [3.8, 4) is 0 Å². The fraction of sp³-hybridized carbons (Fsp3) is 0.727. The molecule has 1 aromatic rings. The normalized spacial score (nSPS) is 18.4. The van der Waals surface area contributed by atoms with E-state index in [9.17, 15) is 10.1 Å². The number of ether oxygens (including phenoxy) is 1. The first-order chi connectivity index (χ1) is 9.13. The lowest BCUT2D eigenvalue weighted by Gasteiger charge is -2.32. The van der Waals surface area contributed by atoms with Crippen LogP contribution in [0.3, 0.4) is 0 Å². The largest absolute Gasteiger partial charge is 0.379 e. The molecule has 0 N–H and O–H groups in total. The molecule has 1 aliphatic heterocycles. The molecule has 0 aliphatic carbocycles. The fourth-order valence-electron chi connectivity index (χ4n) is 2.24. The predicted octanol–water partition coefficient (Wildman–Crippen LogP) is 1.04. The van der Waals surface area contributed by atoms with Crippen LogP contribution in [0, 0.1) is 17.0 Å². The van der Waals surface area contributed by atoms with Crippen molar-refractivity contribution < 1.29 is 9.66 Å².